The minimum absolute atomic E-state index is 0.0506. The highest BCUT2D eigenvalue weighted by Gasteiger charge is 2.14. The summed E-state index contributed by atoms with van der Waals surface area (Å²) >= 11 is 0. The molecule has 1 aliphatic heterocycles. The van der Waals surface area contributed by atoms with Crippen LogP contribution in [0.25, 0.3) is 0 Å². The molecule has 1 aromatic rings. The van der Waals surface area contributed by atoms with Crippen molar-refractivity contribution in [1.29, 1.82) is 0 Å². The summed E-state index contributed by atoms with van der Waals surface area (Å²) in [6, 6.07) is 7.88. The zero-order valence-corrected chi connectivity index (χ0v) is 16.4. The largest absolute Gasteiger partial charge is 0.367 e. The molecule has 1 amide bonds. The summed E-state index contributed by atoms with van der Waals surface area (Å²) in [6.45, 7) is 5.59. The smallest absolute Gasteiger partial charge is 0.224 e. The van der Waals surface area contributed by atoms with Gasteiger partial charge in [-0.25, -0.2) is 13.1 Å². The van der Waals surface area contributed by atoms with Crippen LogP contribution < -0.4 is 14.9 Å². The van der Waals surface area contributed by atoms with Crippen LogP contribution in [-0.4, -0.2) is 39.2 Å². The van der Waals surface area contributed by atoms with Gasteiger partial charge >= 0.3 is 0 Å². The highest BCUT2D eigenvalue weighted by molar-refractivity contribution is 7.90. The molecule has 1 aromatic carbocycles. The monoisotopic (exact) mass is 379 g/mol. The van der Waals surface area contributed by atoms with Crippen molar-refractivity contribution in [2.45, 2.75) is 44.8 Å². The predicted octanol–water partition coefficient (Wildman–Crippen LogP) is 2.89. The summed E-state index contributed by atoms with van der Waals surface area (Å²) in [7, 11) is -3.22. The van der Waals surface area contributed by atoms with Gasteiger partial charge in [0.05, 0.1) is 5.25 Å². The molecule has 26 heavy (non-hydrogen) atoms. The van der Waals surface area contributed by atoms with E-state index in [1.165, 1.54) is 0 Å². The van der Waals surface area contributed by atoms with Crippen molar-refractivity contribution in [3.8, 4) is 0 Å². The maximum atomic E-state index is 12.0. The normalized spacial score (nSPS) is 14.7. The molecule has 0 aliphatic carbocycles. The molecule has 2 rings (SSSR count). The van der Waals surface area contributed by atoms with Crippen LogP contribution in [0.2, 0.25) is 0 Å². The quantitative estimate of drug-likeness (QED) is 0.511. The summed E-state index contributed by atoms with van der Waals surface area (Å²) in [5, 5.41) is 2.45. The molecule has 2 N–H and O–H groups in total. The SMILES string of the molecule is CC(C)S(=O)(=O)NCCCCC(=O)Nc1ccc(N2CC=CCC2)cc1. The highest BCUT2D eigenvalue weighted by atomic mass is 32.2. The minimum Gasteiger partial charge on any atom is -0.367 e. The van der Waals surface area contributed by atoms with E-state index < -0.39 is 15.3 Å². The summed E-state index contributed by atoms with van der Waals surface area (Å²) < 4.78 is 25.8. The molecule has 144 valence electrons. The third kappa shape index (κ3) is 6.46. The van der Waals surface area contributed by atoms with E-state index in [1.54, 1.807) is 13.8 Å². The fraction of sp³-hybridized carbons (Fsp3) is 0.526. The van der Waals surface area contributed by atoms with Crippen molar-refractivity contribution in [1.82, 2.24) is 4.72 Å². The van der Waals surface area contributed by atoms with Gasteiger partial charge in [0.25, 0.3) is 0 Å². The van der Waals surface area contributed by atoms with Crippen molar-refractivity contribution < 1.29 is 13.2 Å². The number of carbonyl (C=O) groups excluding carboxylic acids is 1. The molecule has 0 bridgehead atoms. The average molecular weight is 380 g/mol. The predicted molar refractivity (Wildman–Crippen MR) is 107 cm³/mol. The summed E-state index contributed by atoms with van der Waals surface area (Å²) in [4.78, 5) is 14.3. The molecule has 1 heterocycles. The number of nitrogens with zero attached hydrogens (tertiary/aromatic N) is 1. The van der Waals surface area contributed by atoms with Crippen LogP contribution in [0.5, 0.6) is 0 Å². The van der Waals surface area contributed by atoms with Gasteiger partial charge in [-0.3, -0.25) is 4.79 Å². The Kier molecular flexibility index (Phi) is 7.66. The Balaban J connectivity index is 1.68. The first-order valence-electron chi connectivity index (χ1n) is 9.17. The average Bonchev–Trinajstić information content (AvgIpc) is 2.62. The molecule has 7 heteroatoms. The molecule has 0 saturated heterocycles. The zero-order chi connectivity index (χ0) is 19.0. The Morgan fingerprint density at radius 3 is 2.50 bits per heavy atom. The maximum absolute atomic E-state index is 12.0. The summed E-state index contributed by atoms with van der Waals surface area (Å²) in [5.41, 5.74) is 1.94. The molecule has 1 aliphatic rings. The molecule has 0 atom stereocenters. The van der Waals surface area contributed by atoms with E-state index in [4.69, 9.17) is 0 Å². The second kappa shape index (κ2) is 9.73. The van der Waals surface area contributed by atoms with Crippen molar-refractivity contribution >= 4 is 27.3 Å². The van der Waals surface area contributed by atoms with Gasteiger partial charge in [0.1, 0.15) is 0 Å². The number of nitrogens with one attached hydrogen (secondary N) is 2. The van der Waals surface area contributed by atoms with Crippen molar-refractivity contribution in [3.63, 3.8) is 0 Å². The molecule has 0 spiro atoms. The summed E-state index contributed by atoms with van der Waals surface area (Å²) in [6.07, 6.45) is 7.08. The number of benzene rings is 1. The number of hydrogen-bond acceptors (Lipinski definition) is 4. The van der Waals surface area contributed by atoms with Crippen molar-refractivity contribution in [2.24, 2.45) is 0 Å². The van der Waals surface area contributed by atoms with Crippen LogP contribution in [0.1, 0.15) is 39.5 Å². The third-order valence-electron chi connectivity index (χ3n) is 4.33. The number of rotatable bonds is 9. The first-order valence-corrected chi connectivity index (χ1v) is 10.7. The van der Waals surface area contributed by atoms with E-state index in [2.05, 4.69) is 27.1 Å². The number of unbranched alkanes of at least 4 members (excludes halogenated alkanes) is 1. The Bertz CT molecular complexity index is 712. The van der Waals surface area contributed by atoms with Gasteiger partial charge in [-0.2, -0.15) is 0 Å². The van der Waals surface area contributed by atoms with Crippen LogP contribution in [0.3, 0.4) is 0 Å². The van der Waals surface area contributed by atoms with Crippen LogP contribution in [0, 0.1) is 0 Å². The lowest BCUT2D eigenvalue weighted by atomic mass is 10.2. The second-order valence-electron chi connectivity index (χ2n) is 6.75. The first-order chi connectivity index (χ1) is 12.4. The lowest BCUT2D eigenvalue weighted by Crippen LogP contribution is -2.31. The van der Waals surface area contributed by atoms with E-state index in [9.17, 15) is 13.2 Å². The zero-order valence-electron chi connectivity index (χ0n) is 15.6. The lowest BCUT2D eigenvalue weighted by molar-refractivity contribution is -0.116. The maximum Gasteiger partial charge on any atom is 0.224 e. The van der Waals surface area contributed by atoms with Crippen molar-refractivity contribution in [3.05, 3.63) is 36.4 Å². The van der Waals surface area contributed by atoms with Crippen LogP contribution in [0.4, 0.5) is 11.4 Å². The first kappa shape index (κ1) is 20.5. The third-order valence-corrected chi connectivity index (χ3v) is 6.18. The summed E-state index contributed by atoms with van der Waals surface area (Å²) in [5.74, 6) is -0.0506. The number of sulfonamides is 1. The van der Waals surface area contributed by atoms with Gasteiger partial charge in [0.2, 0.25) is 15.9 Å². The van der Waals surface area contributed by atoms with E-state index in [0.717, 1.165) is 30.9 Å². The van der Waals surface area contributed by atoms with Gasteiger partial charge in [-0.15, -0.1) is 0 Å². The van der Waals surface area contributed by atoms with Gasteiger partial charge in [-0.1, -0.05) is 12.2 Å². The van der Waals surface area contributed by atoms with Crippen LogP contribution in [-0.2, 0) is 14.8 Å². The number of anilines is 2. The van der Waals surface area contributed by atoms with E-state index >= 15 is 0 Å². The molecule has 0 fully saturated rings. The van der Waals surface area contributed by atoms with Crippen LogP contribution in [0.15, 0.2) is 36.4 Å². The molecule has 0 unspecified atom stereocenters. The number of hydrogen-bond donors (Lipinski definition) is 2. The fourth-order valence-electron chi connectivity index (χ4n) is 2.65. The van der Waals surface area contributed by atoms with E-state index in [0.29, 0.717) is 25.8 Å². The molecule has 0 aromatic heterocycles. The van der Waals surface area contributed by atoms with Gasteiger partial charge in [0.15, 0.2) is 0 Å². The Morgan fingerprint density at radius 2 is 1.88 bits per heavy atom. The van der Waals surface area contributed by atoms with Gasteiger partial charge in [-0.05, 0) is 57.4 Å². The lowest BCUT2D eigenvalue weighted by Gasteiger charge is -2.25. The highest BCUT2D eigenvalue weighted by Crippen LogP contribution is 2.20. The molecule has 0 saturated carbocycles. The standard InChI is InChI=1S/C19H29N3O3S/c1-16(2)26(24,25)20-13-5-4-8-19(23)21-17-9-11-18(12-10-17)22-14-6-3-7-15-22/h3,6,9-12,16,20H,4-5,7-8,13-15H2,1-2H3,(H,21,23). The second-order valence-corrected chi connectivity index (χ2v) is 9.07. The van der Waals surface area contributed by atoms with Gasteiger partial charge in [0, 0.05) is 37.4 Å². The van der Waals surface area contributed by atoms with E-state index in [-0.39, 0.29) is 5.91 Å². The fourth-order valence-corrected chi connectivity index (χ4v) is 3.41. The number of amides is 1. The molecular formula is C19H29N3O3S. The van der Waals surface area contributed by atoms with Gasteiger partial charge < -0.3 is 10.2 Å². The molecular weight excluding hydrogens is 350 g/mol. The topological polar surface area (TPSA) is 78.5 Å². The Morgan fingerprint density at radius 1 is 1.15 bits per heavy atom. The minimum atomic E-state index is -3.22. The molecule has 0 radical (unpaired) electrons. The Labute approximate surface area is 156 Å². The number of carbonyl (C=O) groups is 1. The molecule has 6 nitrogen and oxygen atoms in total. The van der Waals surface area contributed by atoms with Crippen LogP contribution >= 0.6 is 0 Å². The van der Waals surface area contributed by atoms with Crippen molar-refractivity contribution in [2.75, 3.05) is 29.9 Å². The van der Waals surface area contributed by atoms with E-state index in [1.807, 2.05) is 24.3 Å². The Hall–Kier alpha value is -1.86.